The molecule has 0 bridgehead atoms. The van der Waals surface area contributed by atoms with Gasteiger partial charge in [-0.15, -0.1) is 0 Å². The first-order valence-electron chi connectivity index (χ1n) is 7.10. The Labute approximate surface area is 130 Å². The standard InChI is InChI=1S/C15H20FN3O2S/c1-4-22(20,21)10-11(2)18-14-9-17-19(12(14)3)15-8-6-5-7-13(15)16/h5-9,11,18H,4,10H2,1-3H3/t11-/m1/s1. The Kier molecular flexibility index (Phi) is 4.85. The number of sulfone groups is 1. The van der Waals surface area contributed by atoms with E-state index in [9.17, 15) is 12.8 Å². The minimum atomic E-state index is -3.05. The van der Waals surface area contributed by atoms with Gasteiger partial charge < -0.3 is 5.32 Å². The predicted octanol–water partition coefficient (Wildman–Crippen LogP) is 2.55. The number of halogens is 1. The summed E-state index contributed by atoms with van der Waals surface area (Å²) in [5.41, 5.74) is 1.79. The fourth-order valence-corrected chi connectivity index (χ4v) is 3.30. The first-order valence-corrected chi connectivity index (χ1v) is 8.92. The Bertz CT molecular complexity index is 756. The molecule has 1 atom stereocenters. The van der Waals surface area contributed by atoms with E-state index >= 15 is 0 Å². The molecule has 1 N–H and O–H groups in total. The Balaban J connectivity index is 2.20. The van der Waals surface area contributed by atoms with E-state index in [0.29, 0.717) is 11.4 Å². The van der Waals surface area contributed by atoms with Gasteiger partial charge in [0.25, 0.3) is 0 Å². The second-order valence-electron chi connectivity index (χ2n) is 5.25. The smallest absolute Gasteiger partial charge is 0.152 e. The summed E-state index contributed by atoms with van der Waals surface area (Å²) in [7, 11) is -3.05. The molecule has 0 aliphatic rings. The number of nitrogens with one attached hydrogen (secondary N) is 1. The van der Waals surface area contributed by atoms with Gasteiger partial charge in [0.1, 0.15) is 11.5 Å². The van der Waals surface area contributed by atoms with Gasteiger partial charge in [0.15, 0.2) is 9.84 Å². The normalized spacial score (nSPS) is 13.1. The number of hydrogen-bond donors (Lipinski definition) is 1. The Morgan fingerprint density at radius 1 is 1.36 bits per heavy atom. The Hall–Kier alpha value is -1.89. The summed E-state index contributed by atoms with van der Waals surface area (Å²) >= 11 is 0. The highest BCUT2D eigenvalue weighted by Crippen LogP contribution is 2.21. The molecule has 22 heavy (non-hydrogen) atoms. The fourth-order valence-electron chi connectivity index (χ4n) is 2.22. The molecule has 0 spiro atoms. The van der Waals surface area contributed by atoms with Crippen LogP contribution in [0.3, 0.4) is 0 Å². The number of anilines is 1. The summed E-state index contributed by atoms with van der Waals surface area (Å²) in [5, 5.41) is 7.31. The largest absolute Gasteiger partial charge is 0.379 e. The van der Waals surface area contributed by atoms with Crippen molar-refractivity contribution in [1.29, 1.82) is 0 Å². The molecule has 120 valence electrons. The van der Waals surface area contributed by atoms with E-state index in [2.05, 4.69) is 10.4 Å². The van der Waals surface area contributed by atoms with Crippen LogP contribution in [0, 0.1) is 12.7 Å². The van der Waals surface area contributed by atoms with Crippen molar-refractivity contribution in [2.75, 3.05) is 16.8 Å². The van der Waals surface area contributed by atoms with E-state index in [0.717, 1.165) is 5.69 Å². The monoisotopic (exact) mass is 325 g/mol. The van der Waals surface area contributed by atoms with Crippen molar-refractivity contribution in [3.8, 4) is 5.69 Å². The lowest BCUT2D eigenvalue weighted by Crippen LogP contribution is -2.26. The van der Waals surface area contributed by atoms with Crippen molar-refractivity contribution in [1.82, 2.24) is 9.78 Å². The Morgan fingerprint density at radius 3 is 2.68 bits per heavy atom. The molecule has 0 aliphatic heterocycles. The van der Waals surface area contributed by atoms with Gasteiger partial charge in [0.2, 0.25) is 0 Å². The van der Waals surface area contributed by atoms with Crippen LogP contribution < -0.4 is 5.32 Å². The van der Waals surface area contributed by atoms with Crippen LogP contribution in [0.4, 0.5) is 10.1 Å². The van der Waals surface area contributed by atoms with Crippen LogP contribution in [0.25, 0.3) is 5.69 Å². The molecule has 0 saturated heterocycles. The van der Waals surface area contributed by atoms with Crippen molar-refractivity contribution in [3.05, 3.63) is 42.0 Å². The third kappa shape index (κ3) is 3.65. The van der Waals surface area contributed by atoms with Crippen molar-refractivity contribution >= 4 is 15.5 Å². The molecule has 2 rings (SSSR count). The van der Waals surface area contributed by atoms with E-state index < -0.39 is 9.84 Å². The number of rotatable bonds is 6. The van der Waals surface area contributed by atoms with Gasteiger partial charge >= 0.3 is 0 Å². The van der Waals surface area contributed by atoms with Gasteiger partial charge in [0.05, 0.1) is 23.3 Å². The molecule has 0 amide bonds. The Morgan fingerprint density at radius 2 is 2.05 bits per heavy atom. The van der Waals surface area contributed by atoms with Crippen LogP contribution in [0.1, 0.15) is 19.5 Å². The van der Waals surface area contributed by atoms with E-state index in [-0.39, 0.29) is 23.4 Å². The summed E-state index contributed by atoms with van der Waals surface area (Å²) < 4.78 is 38.6. The molecule has 7 heteroatoms. The van der Waals surface area contributed by atoms with E-state index in [1.54, 1.807) is 38.2 Å². The molecule has 0 saturated carbocycles. The van der Waals surface area contributed by atoms with Crippen molar-refractivity contribution in [2.45, 2.75) is 26.8 Å². The second kappa shape index (κ2) is 6.48. The van der Waals surface area contributed by atoms with Crippen LogP contribution in [0.15, 0.2) is 30.5 Å². The molecule has 2 aromatic rings. The highest BCUT2D eigenvalue weighted by molar-refractivity contribution is 7.91. The summed E-state index contributed by atoms with van der Waals surface area (Å²) in [6.45, 7) is 5.24. The molecule has 0 unspecified atom stereocenters. The van der Waals surface area contributed by atoms with Crippen LogP contribution in [-0.2, 0) is 9.84 Å². The van der Waals surface area contributed by atoms with Crippen molar-refractivity contribution < 1.29 is 12.8 Å². The average Bonchev–Trinajstić information content (AvgIpc) is 2.80. The second-order valence-corrected chi connectivity index (χ2v) is 7.65. The van der Waals surface area contributed by atoms with Gasteiger partial charge in [-0.1, -0.05) is 19.1 Å². The van der Waals surface area contributed by atoms with Crippen molar-refractivity contribution in [2.24, 2.45) is 0 Å². The maximum absolute atomic E-state index is 13.8. The number of hydrogen-bond acceptors (Lipinski definition) is 4. The quantitative estimate of drug-likeness (QED) is 0.886. The fraction of sp³-hybridized carbons (Fsp3) is 0.400. The SMILES string of the molecule is CCS(=O)(=O)C[C@@H](C)Nc1cnn(-c2ccccc2F)c1C. The number of benzene rings is 1. The molecular weight excluding hydrogens is 305 g/mol. The third-order valence-electron chi connectivity index (χ3n) is 3.44. The third-order valence-corrected chi connectivity index (χ3v) is 5.32. The molecule has 5 nitrogen and oxygen atoms in total. The van der Waals surface area contributed by atoms with Crippen molar-refractivity contribution in [3.63, 3.8) is 0 Å². The average molecular weight is 325 g/mol. The molecule has 1 aromatic carbocycles. The van der Waals surface area contributed by atoms with Gasteiger partial charge in [-0.2, -0.15) is 5.10 Å². The first-order chi connectivity index (χ1) is 10.3. The zero-order chi connectivity index (χ0) is 16.3. The number of aromatic nitrogens is 2. The van der Waals surface area contributed by atoms with Gasteiger partial charge in [0, 0.05) is 11.8 Å². The lowest BCUT2D eigenvalue weighted by molar-refractivity contribution is 0.593. The summed E-state index contributed by atoms with van der Waals surface area (Å²) in [6, 6.07) is 6.13. The molecule has 0 aliphatic carbocycles. The molecule has 0 fully saturated rings. The van der Waals surface area contributed by atoms with Gasteiger partial charge in [-0.25, -0.2) is 17.5 Å². The highest BCUT2D eigenvalue weighted by Gasteiger charge is 2.16. The summed E-state index contributed by atoms with van der Waals surface area (Å²) in [5.74, 6) is -0.192. The summed E-state index contributed by atoms with van der Waals surface area (Å²) in [4.78, 5) is 0. The first kappa shape index (κ1) is 16.5. The van der Waals surface area contributed by atoms with Crippen LogP contribution >= 0.6 is 0 Å². The topological polar surface area (TPSA) is 64.0 Å². The maximum atomic E-state index is 13.8. The summed E-state index contributed by atoms with van der Waals surface area (Å²) in [6.07, 6.45) is 1.58. The predicted molar refractivity (Wildman–Crippen MR) is 85.7 cm³/mol. The van der Waals surface area contributed by atoms with Crippen LogP contribution in [0.5, 0.6) is 0 Å². The zero-order valence-electron chi connectivity index (χ0n) is 12.9. The minimum absolute atomic E-state index is 0.0494. The highest BCUT2D eigenvalue weighted by atomic mass is 32.2. The van der Waals surface area contributed by atoms with Crippen LogP contribution in [-0.4, -0.2) is 35.7 Å². The number of para-hydroxylation sites is 1. The van der Waals surface area contributed by atoms with Gasteiger partial charge in [-0.3, -0.25) is 0 Å². The maximum Gasteiger partial charge on any atom is 0.152 e. The lowest BCUT2D eigenvalue weighted by atomic mass is 10.3. The molecule has 0 radical (unpaired) electrons. The van der Waals surface area contributed by atoms with E-state index in [4.69, 9.17) is 0 Å². The number of nitrogens with zero attached hydrogens (tertiary/aromatic N) is 2. The van der Waals surface area contributed by atoms with E-state index in [1.807, 2.05) is 6.92 Å². The lowest BCUT2D eigenvalue weighted by Gasteiger charge is -2.14. The molecular formula is C15H20FN3O2S. The molecule has 1 heterocycles. The minimum Gasteiger partial charge on any atom is -0.379 e. The van der Waals surface area contributed by atoms with E-state index in [1.165, 1.54) is 10.7 Å². The zero-order valence-corrected chi connectivity index (χ0v) is 13.7. The van der Waals surface area contributed by atoms with Gasteiger partial charge in [-0.05, 0) is 26.0 Å². The van der Waals surface area contributed by atoms with Crippen LogP contribution in [0.2, 0.25) is 0 Å². The molecule has 1 aromatic heterocycles.